The third-order valence-corrected chi connectivity index (χ3v) is 2.64. The van der Waals surface area contributed by atoms with E-state index < -0.39 is 0 Å². The van der Waals surface area contributed by atoms with Gasteiger partial charge in [-0.3, -0.25) is 0 Å². The van der Waals surface area contributed by atoms with Gasteiger partial charge in [0, 0.05) is 13.5 Å². The fourth-order valence-corrected chi connectivity index (χ4v) is 1.79. The maximum Gasteiger partial charge on any atom is 0.199 e. The zero-order chi connectivity index (χ0) is 11.2. The molecule has 1 aliphatic heterocycles. The van der Waals surface area contributed by atoms with Gasteiger partial charge in [-0.15, -0.1) is 0 Å². The van der Waals surface area contributed by atoms with Gasteiger partial charge in [0.05, 0.1) is 13.2 Å². The van der Waals surface area contributed by atoms with Crippen LogP contribution in [0.25, 0.3) is 0 Å². The molecule has 1 heterocycles. The van der Waals surface area contributed by atoms with Crippen molar-refractivity contribution < 1.29 is 14.2 Å². The number of hydrogen-bond acceptors (Lipinski definition) is 3. The number of rotatable bonds is 4. The predicted octanol–water partition coefficient (Wildman–Crippen LogP) is 2.74. The third kappa shape index (κ3) is 3.22. The molecule has 0 bridgehead atoms. The summed E-state index contributed by atoms with van der Waals surface area (Å²) in [6, 6.07) is 7.96. The highest BCUT2D eigenvalue weighted by Crippen LogP contribution is 2.19. The standard InChI is InChI=1S/C13H18O3/c1-14-10-11-5-7-12(8-6-11)16-13-4-2-3-9-15-13/h5-8,13H,2-4,9-10H2,1H3. The van der Waals surface area contributed by atoms with Crippen LogP contribution in [0.2, 0.25) is 0 Å². The van der Waals surface area contributed by atoms with Gasteiger partial charge in [-0.1, -0.05) is 12.1 Å². The van der Waals surface area contributed by atoms with Gasteiger partial charge in [0.15, 0.2) is 6.29 Å². The highest BCUT2D eigenvalue weighted by Gasteiger charge is 2.14. The lowest BCUT2D eigenvalue weighted by atomic mass is 10.2. The van der Waals surface area contributed by atoms with Crippen molar-refractivity contribution in [3.63, 3.8) is 0 Å². The molecule has 16 heavy (non-hydrogen) atoms. The van der Waals surface area contributed by atoms with Crippen LogP contribution in [0.15, 0.2) is 24.3 Å². The van der Waals surface area contributed by atoms with Crippen LogP contribution in [0, 0.1) is 0 Å². The van der Waals surface area contributed by atoms with Gasteiger partial charge in [-0.2, -0.15) is 0 Å². The van der Waals surface area contributed by atoms with Crippen LogP contribution in [-0.2, 0) is 16.1 Å². The van der Waals surface area contributed by atoms with E-state index in [1.54, 1.807) is 7.11 Å². The lowest BCUT2D eigenvalue weighted by Gasteiger charge is -2.23. The molecule has 88 valence electrons. The van der Waals surface area contributed by atoms with E-state index >= 15 is 0 Å². The lowest BCUT2D eigenvalue weighted by Crippen LogP contribution is -2.24. The van der Waals surface area contributed by atoms with Crippen molar-refractivity contribution in [2.45, 2.75) is 32.2 Å². The van der Waals surface area contributed by atoms with Gasteiger partial charge in [-0.05, 0) is 30.5 Å². The molecule has 0 amide bonds. The molecule has 0 aromatic heterocycles. The van der Waals surface area contributed by atoms with Crippen LogP contribution >= 0.6 is 0 Å². The average Bonchev–Trinajstić information content (AvgIpc) is 2.33. The Kier molecular flexibility index (Phi) is 4.19. The highest BCUT2D eigenvalue weighted by molar-refractivity contribution is 5.26. The number of benzene rings is 1. The van der Waals surface area contributed by atoms with Gasteiger partial charge in [-0.25, -0.2) is 0 Å². The predicted molar refractivity (Wildman–Crippen MR) is 61.4 cm³/mol. The van der Waals surface area contributed by atoms with Crippen LogP contribution in [0.5, 0.6) is 5.75 Å². The first-order valence-corrected chi connectivity index (χ1v) is 5.74. The summed E-state index contributed by atoms with van der Waals surface area (Å²) in [6.07, 6.45) is 3.25. The monoisotopic (exact) mass is 222 g/mol. The molecule has 3 heteroatoms. The largest absolute Gasteiger partial charge is 0.465 e. The van der Waals surface area contributed by atoms with E-state index in [2.05, 4.69) is 0 Å². The van der Waals surface area contributed by atoms with Crippen molar-refractivity contribution in [1.29, 1.82) is 0 Å². The van der Waals surface area contributed by atoms with E-state index in [4.69, 9.17) is 14.2 Å². The maximum atomic E-state index is 5.73. The van der Waals surface area contributed by atoms with Crippen molar-refractivity contribution in [1.82, 2.24) is 0 Å². The Hall–Kier alpha value is -1.06. The lowest BCUT2D eigenvalue weighted by molar-refractivity contribution is -0.105. The topological polar surface area (TPSA) is 27.7 Å². The third-order valence-electron chi connectivity index (χ3n) is 2.64. The smallest absolute Gasteiger partial charge is 0.199 e. The minimum absolute atomic E-state index is 0.0676. The van der Waals surface area contributed by atoms with E-state index in [0.717, 1.165) is 30.8 Å². The quantitative estimate of drug-likeness (QED) is 0.784. The molecule has 1 aromatic rings. The van der Waals surface area contributed by atoms with Crippen LogP contribution in [-0.4, -0.2) is 20.0 Å². The maximum absolute atomic E-state index is 5.73. The second-order valence-corrected chi connectivity index (χ2v) is 3.99. The summed E-state index contributed by atoms with van der Waals surface area (Å²) < 4.78 is 16.3. The Morgan fingerprint density at radius 2 is 2.06 bits per heavy atom. The molecule has 0 saturated carbocycles. The molecule has 1 fully saturated rings. The van der Waals surface area contributed by atoms with Crippen LogP contribution in [0.4, 0.5) is 0 Å². The molecule has 2 rings (SSSR count). The van der Waals surface area contributed by atoms with Crippen LogP contribution < -0.4 is 4.74 Å². The fraction of sp³-hybridized carbons (Fsp3) is 0.538. The molecule has 1 unspecified atom stereocenters. The Balaban J connectivity index is 1.88. The van der Waals surface area contributed by atoms with Gasteiger partial charge in [0.2, 0.25) is 0 Å². The first-order valence-electron chi connectivity index (χ1n) is 5.74. The Morgan fingerprint density at radius 1 is 1.25 bits per heavy atom. The van der Waals surface area contributed by atoms with E-state index in [1.807, 2.05) is 24.3 Å². The van der Waals surface area contributed by atoms with Crippen molar-refractivity contribution >= 4 is 0 Å². The minimum Gasteiger partial charge on any atom is -0.465 e. The summed E-state index contributed by atoms with van der Waals surface area (Å²) in [5.41, 5.74) is 1.15. The molecule has 0 spiro atoms. The number of methoxy groups -OCH3 is 1. The Morgan fingerprint density at radius 3 is 2.69 bits per heavy atom. The summed E-state index contributed by atoms with van der Waals surface area (Å²) in [4.78, 5) is 0. The first kappa shape index (κ1) is 11.4. The van der Waals surface area contributed by atoms with Gasteiger partial charge in [0.25, 0.3) is 0 Å². The Labute approximate surface area is 96.3 Å². The Bertz CT molecular complexity index is 301. The average molecular weight is 222 g/mol. The second-order valence-electron chi connectivity index (χ2n) is 3.99. The minimum atomic E-state index is -0.0676. The van der Waals surface area contributed by atoms with E-state index in [-0.39, 0.29) is 6.29 Å². The van der Waals surface area contributed by atoms with Gasteiger partial charge >= 0.3 is 0 Å². The molecule has 3 nitrogen and oxygen atoms in total. The summed E-state index contributed by atoms with van der Waals surface area (Å²) in [5, 5.41) is 0. The summed E-state index contributed by atoms with van der Waals surface area (Å²) in [5.74, 6) is 0.867. The molecular weight excluding hydrogens is 204 g/mol. The van der Waals surface area contributed by atoms with Gasteiger partial charge in [0.1, 0.15) is 5.75 Å². The summed E-state index contributed by atoms with van der Waals surface area (Å²) in [7, 11) is 1.69. The highest BCUT2D eigenvalue weighted by atomic mass is 16.7. The number of hydrogen-bond donors (Lipinski definition) is 0. The van der Waals surface area contributed by atoms with E-state index in [9.17, 15) is 0 Å². The molecule has 0 radical (unpaired) electrons. The molecule has 1 aliphatic rings. The van der Waals surface area contributed by atoms with Gasteiger partial charge < -0.3 is 14.2 Å². The van der Waals surface area contributed by atoms with Crippen LogP contribution in [0.3, 0.4) is 0 Å². The van der Waals surface area contributed by atoms with Crippen molar-refractivity contribution in [2.75, 3.05) is 13.7 Å². The summed E-state index contributed by atoms with van der Waals surface area (Å²) in [6.45, 7) is 1.45. The van der Waals surface area contributed by atoms with E-state index in [0.29, 0.717) is 6.61 Å². The molecular formula is C13H18O3. The second kappa shape index (κ2) is 5.87. The zero-order valence-corrected chi connectivity index (χ0v) is 9.65. The van der Waals surface area contributed by atoms with E-state index in [1.165, 1.54) is 6.42 Å². The molecule has 0 aliphatic carbocycles. The summed E-state index contributed by atoms with van der Waals surface area (Å²) >= 11 is 0. The first-order chi connectivity index (χ1) is 7.88. The molecule has 0 N–H and O–H groups in total. The zero-order valence-electron chi connectivity index (χ0n) is 9.65. The van der Waals surface area contributed by atoms with Crippen LogP contribution in [0.1, 0.15) is 24.8 Å². The normalized spacial score (nSPS) is 20.7. The van der Waals surface area contributed by atoms with Crippen molar-refractivity contribution in [3.05, 3.63) is 29.8 Å². The molecule has 1 saturated heterocycles. The van der Waals surface area contributed by atoms with Crippen molar-refractivity contribution in [2.24, 2.45) is 0 Å². The SMILES string of the molecule is COCc1ccc(OC2CCCCO2)cc1. The molecule has 1 atom stereocenters. The fourth-order valence-electron chi connectivity index (χ4n) is 1.79. The van der Waals surface area contributed by atoms with Crippen molar-refractivity contribution in [3.8, 4) is 5.75 Å². The number of ether oxygens (including phenoxy) is 3. The molecule has 1 aromatic carbocycles.